The largest absolute Gasteiger partial charge is 0.360 e. The van der Waals surface area contributed by atoms with Gasteiger partial charge in [0, 0.05) is 41.3 Å². The molecule has 6 aromatic heterocycles. The van der Waals surface area contributed by atoms with Crippen molar-refractivity contribution < 1.29 is 0 Å². The van der Waals surface area contributed by atoms with Crippen LogP contribution in [0.5, 0.6) is 0 Å². The third kappa shape index (κ3) is 3.38. The number of hydrogen-bond acceptors (Lipinski definition) is 6. The lowest BCUT2D eigenvalue weighted by atomic mass is 10.1. The smallest absolute Gasteiger partial charge is 0.282 e. The van der Waals surface area contributed by atoms with Crippen LogP contribution in [0, 0.1) is 6.92 Å². The Labute approximate surface area is 216 Å². The molecule has 0 aliphatic rings. The van der Waals surface area contributed by atoms with Crippen molar-refractivity contribution in [2.75, 3.05) is 5.32 Å². The highest BCUT2D eigenvalue weighted by Gasteiger charge is 2.22. The Morgan fingerprint density at radius 3 is 2.74 bits per heavy atom. The van der Waals surface area contributed by atoms with E-state index in [9.17, 15) is 4.79 Å². The van der Waals surface area contributed by atoms with E-state index in [2.05, 4.69) is 36.3 Å². The summed E-state index contributed by atoms with van der Waals surface area (Å²) in [6, 6.07) is 15.2. The maximum atomic E-state index is 13.7. The summed E-state index contributed by atoms with van der Waals surface area (Å²) in [6.45, 7) is 3.89. The minimum Gasteiger partial charge on any atom is -0.360 e. The molecule has 1 unspecified atom stereocenters. The number of anilines is 1. The van der Waals surface area contributed by atoms with Gasteiger partial charge in [0.25, 0.3) is 5.56 Å². The van der Waals surface area contributed by atoms with E-state index >= 15 is 0 Å². The fourth-order valence-electron chi connectivity index (χ4n) is 5.00. The van der Waals surface area contributed by atoms with E-state index in [-0.39, 0.29) is 11.6 Å². The summed E-state index contributed by atoms with van der Waals surface area (Å²) in [4.78, 5) is 33.7. The quantitative estimate of drug-likeness (QED) is 0.312. The van der Waals surface area contributed by atoms with Gasteiger partial charge in [-0.3, -0.25) is 9.36 Å². The number of para-hydroxylation sites is 1. The van der Waals surface area contributed by atoms with Crippen molar-refractivity contribution in [1.29, 1.82) is 0 Å². The van der Waals surface area contributed by atoms with Crippen molar-refractivity contribution >= 4 is 33.4 Å². The van der Waals surface area contributed by atoms with Crippen LogP contribution in [0.2, 0.25) is 0 Å². The van der Waals surface area contributed by atoms with Crippen molar-refractivity contribution in [1.82, 2.24) is 39.1 Å². The van der Waals surface area contributed by atoms with Gasteiger partial charge in [0.2, 0.25) is 0 Å². The zero-order valence-corrected chi connectivity index (χ0v) is 20.7. The normalized spacial score (nSPS) is 12.5. The molecule has 0 aliphatic carbocycles. The van der Waals surface area contributed by atoms with Crippen LogP contribution < -0.4 is 10.9 Å². The highest BCUT2D eigenvalue weighted by molar-refractivity contribution is 6.01. The van der Waals surface area contributed by atoms with Gasteiger partial charge >= 0.3 is 0 Å². The van der Waals surface area contributed by atoms with Crippen LogP contribution in [-0.4, -0.2) is 39.1 Å². The van der Waals surface area contributed by atoms with E-state index < -0.39 is 0 Å². The molecule has 3 N–H and O–H groups in total. The van der Waals surface area contributed by atoms with Crippen molar-refractivity contribution in [2.45, 2.75) is 19.9 Å². The summed E-state index contributed by atoms with van der Waals surface area (Å²) in [5, 5.41) is 10.2. The Bertz CT molecular complexity index is 2010. The average Bonchev–Trinajstić information content (AvgIpc) is 3.67. The van der Waals surface area contributed by atoms with E-state index in [1.165, 1.54) is 6.33 Å². The number of nitrogens with zero attached hydrogens (tertiary/aromatic N) is 6. The molecular formula is C28H23N9O. The summed E-state index contributed by atoms with van der Waals surface area (Å²) in [7, 11) is 0. The molecule has 10 nitrogen and oxygen atoms in total. The van der Waals surface area contributed by atoms with Crippen LogP contribution in [0.15, 0.2) is 84.4 Å². The van der Waals surface area contributed by atoms with Crippen LogP contribution in [0.1, 0.15) is 24.4 Å². The van der Waals surface area contributed by atoms with E-state index in [0.29, 0.717) is 22.8 Å². The SMILES string of the molecule is Cc1ccn2nc(C(C)Nc3ncnc4[nH]cc(-c5cnc6[nH]ccc6c5)c34)n(-c3ccccc3)c(=O)c12. The van der Waals surface area contributed by atoms with E-state index in [1.54, 1.807) is 9.08 Å². The number of pyridine rings is 1. The Morgan fingerprint density at radius 2 is 1.87 bits per heavy atom. The number of aromatic nitrogens is 8. The van der Waals surface area contributed by atoms with E-state index in [0.717, 1.165) is 38.8 Å². The van der Waals surface area contributed by atoms with Gasteiger partial charge in [0.1, 0.15) is 29.0 Å². The predicted molar refractivity (Wildman–Crippen MR) is 147 cm³/mol. The minimum absolute atomic E-state index is 0.126. The third-order valence-corrected chi connectivity index (χ3v) is 6.85. The first-order valence-corrected chi connectivity index (χ1v) is 12.3. The zero-order valence-electron chi connectivity index (χ0n) is 20.7. The van der Waals surface area contributed by atoms with Crippen molar-refractivity contribution in [3.63, 3.8) is 0 Å². The summed E-state index contributed by atoms with van der Waals surface area (Å²) >= 11 is 0. The fraction of sp³-hybridized carbons (Fsp3) is 0.107. The standard InChI is InChI=1S/C28H23N9O/c1-16-9-11-36-23(16)28(38)37(20-6-4-3-5-7-20)27(35-36)17(2)34-26-22-21(14-31-25(22)32-15-33-26)19-12-18-8-10-29-24(18)30-13-19/h3-15,17H,1-2H3,(H,29,30)(H2,31,32,33,34). The van der Waals surface area contributed by atoms with Crippen molar-refractivity contribution in [3.8, 4) is 16.8 Å². The summed E-state index contributed by atoms with van der Waals surface area (Å²) in [6.07, 6.45) is 8.95. The molecule has 0 fully saturated rings. The highest BCUT2D eigenvalue weighted by Crippen LogP contribution is 2.34. The molecule has 0 saturated carbocycles. The minimum atomic E-state index is -0.374. The molecule has 186 valence electrons. The Balaban J connectivity index is 1.37. The highest BCUT2D eigenvalue weighted by atomic mass is 16.1. The Kier molecular flexibility index (Phi) is 4.87. The lowest BCUT2D eigenvalue weighted by Gasteiger charge is -2.20. The zero-order chi connectivity index (χ0) is 25.8. The first-order chi connectivity index (χ1) is 18.6. The number of nitrogens with one attached hydrogen (secondary N) is 3. The van der Waals surface area contributed by atoms with Gasteiger partial charge in [-0.15, -0.1) is 0 Å². The number of aryl methyl sites for hydroxylation is 1. The molecule has 0 amide bonds. The number of hydrogen-bond donors (Lipinski definition) is 3. The fourth-order valence-corrected chi connectivity index (χ4v) is 5.00. The summed E-state index contributed by atoms with van der Waals surface area (Å²) < 4.78 is 3.32. The monoisotopic (exact) mass is 501 g/mol. The van der Waals surface area contributed by atoms with Gasteiger partial charge in [0.05, 0.1) is 17.1 Å². The van der Waals surface area contributed by atoms with Crippen LogP contribution in [0.3, 0.4) is 0 Å². The number of rotatable bonds is 5. The first-order valence-electron chi connectivity index (χ1n) is 12.3. The van der Waals surface area contributed by atoms with Crippen LogP contribution in [0.4, 0.5) is 5.82 Å². The van der Waals surface area contributed by atoms with Crippen LogP contribution in [0.25, 0.3) is 44.4 Å². The molecule has 6 heterocycles. The van der Waals surface area contributed by atoms with Gasteiger partial charge < -0.3 is 15.3 Å². The number of H-pyrrole nitrogens is 2. The van der Waals surface area contributed by atoms with Crippen molar-refractivity contribution in [3.05, 3.63) is 101 Å². The van der Waals surface area contributed by atoms with E-state index in [4.69, 9.17) is 5.10 Å². The maximum Gasteiger partial charge on any atom is 0.282 e. The molecule has 0 saturated heterocycles. The second-order valence-corrected chi connectivity index (χ2v) is 9.28. The predicted octanol–water partition coefficient (Wildman–Crippen LogP) is 4.78. The molecule has 7 aromatic rings. The van der Waals surface area contributed by atoms with Gasteiger partial charge in [-0.2, -0.15) is 5.10 Å². The average molecular weight is 502 g/mol. The molecule has 1 atom stereocenters. The number of fused-ring (bicyclic) bond motifs is 3. The van der Waals surface area contributed by atoms with Crippen LogP contribution >= 0.6 is 0 Å². The molecule has 10 heteroatoms. The second kappa shape index (κ2) is 8.41. The van der Waals surface area contributed by atoms with Gasteiger partial charge in [-0.25, -0.2) is 19.5 Å². The first kappa shape index (κ1) is 22.0. The number of aromatic amines is 2. The second-order valence-electron chi connectivity index (χ2n) is 9.28. The molecule has 38 heavy (non-hydrogen) atoms. The maximum absolute atomic E-state index is 13.7. The third-order valence-electron chi connectivity index (χ3n) is 6.85. The number of benzene rings is 1. The van der Waals surface area contributed by atoms with Gasteiger partial charge in [-0.1, -0.05) is 18.2 Å². The van der Waals surface area contributed by atoms with Crippen molar-refractivity contribution in [2.24, 2.45) is 0 Å². The lowest BCUT2D eigenvalue weighted by molar-refractivity contribution is 0.673. The van der Waals surface area contributed by atoms with E-state index in [1.807, 2.05) is 81.1 Å². The Hall–Kier alpha value is -5.25. The lowest BCUT2D eigenvalue weighted by Crippen LogP contribution is -2.29. The van der Waals surface area contributed by atoms with Gasteiger partial charge in [0.15, 0.2) is 5.82 Å². The molecule has 1 aromatic carbocycles. The van der Waals surface area contributed by atoms with Crippen LogP contribution in [-0.2, 0) is 0 Å². The topological polar surface area (TPSA) is 122 Å². The molecule has 0 aliphatic heterocycles. The molecule has 0 spiro atoms. The summed E-state index contributed by atoms with van der Waals surface area (Å²) in [5.41, 5.74) is 5.45. The molecule has 0 radical (unpaired) electrons. The molecular weight excluding hydrogens is 478 g/mol. The molecule has 0 bridgehead atoms. The van der Waals surface area contributed by atoms with Gasteiger partial charge in [-0.05, 0) is 49.7 Å². The summed E-state index contributed by atoms with van der Waals surface area (Å²) in [5.74, 6) is 1.19. The molecule has 7 rings (SSSR count). The Morgan fingerprint density at radius 1 is 1.00 bits per heavy atom.